The summed E-state index contributed by atoms with van der Waals surface area (Å²) in [6, 6.07) is 12.2. The van der Waals surface area contributed by atoms with Crippen molar-refractivity contribution in [3.8, 4) is 33.3 Å². The fourth-order valence-corrected chi connectivity index (χ4v) is 5.96. The fraction of sp³-hybridized carbons (Fsp3) is 0.292. The van der Waals surface area contributed by atoms with E-state index in [0.29, 0.717) is 5.25 Å². The maximum atomic E-state index is 5.61. The van der Waals surface area contributed by atoms with Crippen LogP contribution < -0.4 is 4.74 Å². The first-order valence-electron chi connectivity index (χ1n) is 10.2. The number of hydrogen-bond donors (Lipinski definition) is 0. The molecular weight excluding hydrogens is 424 g/mol. The van der Waals surface area contributed by atoms with E-state index in [4.69, 9.17) is 14.8 Å². The number of thioether (sulfide) groups is 1. The van der Waals surface area contributed by atoms with Crippen LogP contribution in [0.25, 0.3) is 27.5 Å². The number of pyridine rings is 1. The van der Waals surface area contributed by atoms with Crippen molar-refractivity contribution in [2.75, 3.05) is 7.11 Å². The molecular formula is C24H26N4OS2. The van der Waals surface area contributed by atoms with Gasteiger partial charge in [-0.05, 0) is 50.6 Å². The smallest absolute Gasteiger partial charge is 0.211 e. The number of aryl methyl sites for hydroxylation is 3. The van der Waals surface area contributed by atoms with Crippen LogP contribution in [0.4, 0.5) is 0 Å². The summed E-state index contributed by atoms with van der Waals surface area (Å²) in [6.07, 6.45) is 2.07. The minimum absolute atomic E-state index is 0.444. The average molecular weight is 451 g/mol. The Balaban J connectivity index is 1.81. The lowest BCUT2D eigenvalue weighted by Crippen LogP contribution is -1.94. The van der Waals surface area contributed by atoms with Gasteiger partial charge in [0.15, 0.2) is 0 Å². The summed E-state index contributed by atoms with van der Waals surface area (Å²) >= 11 is 3.48. The molecule has 0 spiro atoms. The fourth-order valence-electron chi connectivity index (χ4n) is 3.53. The normalized spacial score (nSPS) is 11.3. The van der Waals surface area contributed by atoms with Crippen LogP contribution in [0.2, 0.25) is 0 Å². The first-order chi connectivity index (χ1) is 14.9. The molecule has 0 radical (unpaired) electrons. The van der Waals surface area contributed by atoms with Crippen molar-refractivity contribution in [3.05, 3.63) is 59.7 Å². The van der Waals surface area contributed by atoms with Gasteiger partial charge >= 0.3 is 0 Å². The molecule has 1 aromatic carbocycles. The van der Waals surface area contributed by atoms with E-state index in [0.717, 1.165) is 50.3 Å². The number of nitrogens with zero attached hydrogens (tertiary/aromatic N) is 4. The third kappa shape index (κ3) is 4.52. The quantitative estimate of drug-likeness (QED) is 0.314. The van der Waals surface area contributed by atoms with Crippen LogP contribution >= 0.6 is 23.1 Å². The molecule has 31 heavy (non-hydrogen) atoms. The van der Waals surface area contributed by atoms with Gasteiger partial charge < -0.3 is 4.74 Å². The molecule has 0 N–H and O–H groups in total. The zero-order valence-corrected chi connectivity index (χ0v) is 20.3. The Morgan fingerprint density at radius 1 is 1.00 bits per heavy atom. The topological polar surface area (TPSA) is 52.8 Å². The predicted molar refractivity (Wildman–Crippen MR) is 130 cm³/mol. The van der Waals surface area contributed by atoms with Crippen LogP contribution in [0.1, 0.15) is 30.9 Å². The highest BCUT2D eigenvalue weighted by atomic mass is 32.2. The van der Waals surface area contributed by atoms with Crippen LogP contribution in [0.15, 0.2) is 46.8 Å². The number of benzene rings is 1. The van der Waals surface area contributed by atoms with Gasteiger partial charge in [-0.1, -0.05) is 37.3 Å². The molecule has 0 aliphatic carbocycles. The lowest BCUT2D eigenvalue weighted by atomic mass is 10.1. The van der Waals surface area contributed by atoms with Gasteiger partial charge in [0.2, 0.25) is 5.13 Å². The van der Waals surface area contributed by atoms with Crippen LogP contribution in [0.5, 0.6) is 5.75 Å². The van der Waals surface area contributed by atoms with Gasteiger partial charge in [-0.15, -0.1) is 11.8 Å². The maximum Gasteiger partial charge on any atom is 0.211 e. The van der Waals surface area contributed by atoms with E-state index >= 15 is 0 Å². The Bertz CT molecular complexity index is 1210. The Hall–Kier alpha value is -2.64. The van der Waals surface area contributed by atoms with Crippen molar-refractivity contribution in [3.63, 3.8) is 0 Å². The summed E-state index contributed by atoms with van der Waals surface area (Å²) in [5.41, 5.74) is 7.15. The van der Waals surface area contributed by atoms with Gasteiger partial charge in [0.05, 0.1) is 17.0 Å². The predicted octanol–water partition coefficient (Wildman–Crippen LogP) is 6.49. The maximum absolute atomic E-state index is 5.61. The monoisotopic (exact) mass is 450 g/mol. The Morgan fingerprint density at radius 2 is 1.71 bits per heavy atom. The summed E-state index contributed by atoms with van der Waals surface area (Å²) in [7, 11) is 1.70. The lowest BCUT2D eigenvalue weighted by Gasteiger charge is -2.08. The molecule has 5 nitrogen and oxygen atoms in total. The zero-order chi connectivity index (χ0) is 22.1. The molecule has 0 saturated carbocycles. The molecule has 3 heterocycles. The molecule has 0 unspecified atom stereocenters. The van der Waals surface area contributed by atoms with Crippen LogP contribution in [-0.2, 0) is 0 Å². The van der Waals surface area contributed by atoms with Gasteiger partial charge in [0.25, 0.3) is 0 Å². The van der Waals surface area contributed by atoms with Crippen molar-refractivity contribution in [2.45, 2.75) is 44.1 Å². The standard InChI is InChI=1S/C24H26N4OS2/c1-14(2)30-23-22(19-9-7-8-10-21(19)29-6)26-24(31-23)28-13-20(17(5)27-28)18-11-15(3)25-16(4)12-18/h7-14H,1-6H3. The summed E-state index contributed by atoms with van der Waals surface area (Å²) in [6.45, 7) is 10.5. The summed E-state index contributed by atoms with van der Waals surface area (Å²) in [5.74, 6) is 0.824. The van der Waals surface area contributed by atoms with Gasteiger partial charge in [0.1, 0.15) is 11.4 Å². The van der Waals surface area contributed by atoms with Gasteiger partial charge in [-0.2, -0.15) is 5.10 Å². The molecule has 4 rings (SSSR count). The number of thiazole rings is 1. The van der Waals surface area contributed by atoms with Gasteiger partial charge in [0, 0.05) is 34.0 Å². The Kier molecular flexibility index (Phi) is 6.16. The summed E-state index contributed by atoms with van der Waals surface area (Å²) < 4.78 is 8.66. The number of para-hydroxylation sites is 1. The minimum Gasteiger partial charge on any atom is -0.496 e. The molecule has 7 heteroatoms. The van der Waals surface area contributed by atoms with Gasteiger partial charge in [-0.3, -0.25) is 4.98 Å². The molecule has 4 aromatic rings. The second-order valence-corrected chi connectivity index (χ2v) is 10.5. The van der Waals surface area contributed by atoms with Crippen molar-refractivity contribution >= 4 is 23.1 Å². The van der Waals surface area contributed by atoms with E-state index in [9.17, 15) is 0 Å². The zero-order valence-electron chi connectivity index (χ0n) is 18.6. The second-order valence-electron chi connectivity index (χ2n) is 7.71. The molecule has 160 valence electrons. The number of aromatic nitrogens is 4. The highest BCUT2D eigenvalue weighted by Crippen LogP contribution is 2.42. The second kappa shape index (κ2) is 8.85. The van der Waals surface area contributed by atoms with E-state index in [1.807, 2.05) is 55.4 Å². The molecule has 0 fully saturated rings. The van der Waals surface area contributed by atoms with Crippen LogP contribution in [0.3, 0.4) is 0 Å². The van der Waals surface area contributed by atoms with E-state index < -0.39 is 0 Å². The Labute approximate surface area is 191 Å². The third-order valence-corrected chi connectivity index (χ3v) is 7.03. The molecule has 0 aliphatic heterocycles. The molecule has 0 atom stereocenters. The third-order valence-electron chi connectivity index (χ3n) is 4.78. The number of hydrogen-bond acceptors (Lipinski definition) is 6. The lowest BCUT2D eigenvalue weighted by molar-refractivity contribution is 0.416. The van der Waals surface area contributed by atoms with Gasteiger partial charge in [-0.25, -0.2) is 9.67 Å². The van der Waals surface area contributed by atoms with E-state index in [1.165, 1.54) is 4.21 Å². The van der Waals surface area contributed by atoms with Crippen molar-refractivity contribution in [1.29, 1.82) is 0 Å². The van der Waals surface area contributed by atoms with Crippen molar-refractivity contribution in [1.82, 2.24) is 19.7 Å². The SMILES string of the molecule is COc1ccccc1-c1nc(-n2cc(-c3cc(C)nc(C)c3)c(C)n2)sc1SC(C)C. The summed E-state index contributed by atoms with van der Waals surface area (Å²) in [4.78, 5) is 9.50. The largest absolute Gasteiger partial charge is 0.496 e. The molecule has 3 aromatic heterocycles. The number of ether oxygens (including phenoxy) is 1. The Morgan fingerprint density at radius 3 is 2.39 bits per heavy atom. The first-order valence-corrected chi connectivity index (χ1v) is 11.9. The van der Waals surface area contributed by atoms with E-state index in [2.05, 4.69) is 43.2 Å². The number of rotatable bonds is 6. The van der Waals surface area contributed by atoms with Crippen molar-refractivity contribution < 1.29 is 4.74 Å². The minimum atomic E-state index is 0.444. The molecule has 0 aliphatic rings. The van der Waals surface area contributed by atoms with Crippen molar-refractivity contribution in [2.24, 2.45) is 0 Å². The number of methoxy groups -OCH3 is 1. The summed E-state index contributed by atoms with van der Waals surface area (Å²) in [5, 5.41) is 6.08. The van der Waals surface area contributed by atoms with Crippen LogP contribution in [0, 0.1) is 20.8 Å². The molecule has 0 amide bonds. The van der Waals surface area contributed by atoms with Crippen LogP contribution in [-0.4, -0.2) is 32.1 Å². The highest BCUT2D eigenvalue weighted by molar-refractivity contribution is 8.01. The highest BCUT2D eigenvalue weighted by Gasteiger charge is 2.20. The molecule has 0 saturated heterocycles. The molecule has 0 bridgehead atoms. The van der Waals surface area contributed by atoms with E-state index in [-0.39, 0.29) is 0 Å². The average Bonchev–Trinajstić information content (AvgIpc) is 3.30. The first kappa shape index (κ1) is 21.6. The van der Waals surface area contributed by atoms with E-state index in [1.54, 1.807) is 18.4 Å².